The number of hydrogen-bond acceptors (Lipinski definition) is 3. The molecule has 1 amide bonds. The molecule has 16 heavy (non-hydrogen) atoms. The average molecular weight is 327 g/mol. The van der Waals surface area contributed by atoms with Gasteiger partial charge in [0.1, 0.15) is 4.34 Å². The predicted octanol–water partition coefficient (Wildman–Crippen LogP) is 2.82. The van der Waals surface area contributed by atoms with Crippen LogP contribution in [0.3, 0.4) is 0 Å². The third kappa shape index (κ3) is 3.77. The lowest BCUT2D eigenvalue weighted by atomic mass is 10.1. The summed E-state index contributed by atoms with van der Waals surface area (Å²) in [4.78, 5) is 22.3. The summed E-state index contributed by atoms with van der Waals surface area (Å²) >= 11 is 10.3. The molecule has 88 valence electrons. The highest BCUT2D eigenvalue weighted by molar-refractivity contribution is 9.10. The normalized spacial score (nSPS) is 12.2. The van der Waals surface area contributed by atoms with Crippen LogP contribution < -0.4 is 5.32 Å². The fourth-order valence-electron chi connectivity index (χ4n) is 1.18. The van der Waals surface area contributed by atoms with Crippen molar-refractivity contribution < 1.29 is 14.7 Å². The van der Waals surface area contributed by atoms with Gasteiger partial charge in [-0.25, -0.2) is 0 Å². The highest BCUT2D eigenvalue weighted by Crippen LogP contribution is 2.36. The number of aliphatic carboxylic acids is 1. The quantitative estimate of drug-likeness (QED) is 0.894. The number of carbonyl (C=O) groups excluding carboxylic acids is 1. The molecular formula is C9H9BrClNO3S. The highest BCUT2D eigenvalue weighted by atomic mass is 79.9. The summed E-state index contributed by atoms with van der Waals surface area (Å²) < 4.78 is 1.24. The predicted molar refractivity (Wildman–Crippen MR) is 65.8 cm³/mol. The van der Waals surface area contributed by atoms with E-state index in [2.05, 4.69) is 21.2 Å². The summed E-state index contributed by atoms with van der Waals surface area (Å²) in [7, 11) is 0. The molecule has 0 radical (unpaired) electrons. The number of carboxylic acids is 1. The zero-order chi connectivity index (χ0) is 12.3. The van der Waals surface area contributed by atoms with Crippen molar-refractivity contribution in [3.63, 3.8) is 0 Å². The van der Waals surface area contributed by atoms with Crippen molar-refractivity contribution >= 4 is 50.7 Å². The Hall–Kier alpha value is -0.590. The van der Waals surface area contributed by atoms with E-state index >= 15 is 0 Å². The first kappa shape index (κ1) is 13.5. The van der Waals surface area contributed by atoms with Crippen LogP contribution in [0.5, 0.6) is 0 Å². The maximum absolute atomic E-state index is 11.0. The van der Waals surface area contributed by atoms with Crippen LogP contribution in [0.15, 0.2) is 10.5 Å². The molecule has 0 aliphatic carbocycles. The first-order valence-corrected chi connectivity index (χ1v) is 6.32. The van der Waals surface area contributed by atoms with Crippen molar-refractivity contribution in [1.82, 2.24) is 5.32 Å². The van der Waals surface area contributed by atoms with Crippen LogP contribution in [-0.4, -0.2) is 17.0 Å². The van der Waals surface area contributed by atoms with Crippen LogP contribution in [-0.2, 0) is 9.59 Å². The number of halogens is 2. The molecule has 1 rings (SSSR count). The molecule has 0 spiro atoms. The van der Waals surface area contributed by atoms with E-state index in [0.29, 0.717) is 8.81 Å². The average Bonchev–Trinajstić information content (AvgIpc) is 2.44. The minimum absolute atomic E-state index is 0.164. The number of hydrogen-bond donors (Lipinski definition) is 2. The van der Waals surface area contributed by atoms with Crippen molar-refractivity contribution in [2.24, 2.45) is 0 Å². The standard InChI is InChI=1S/C9H9BrClNO3S/c1-4(13)12-6(3-8(14)15)7-2-5(10)9(11)16-7/h2,6H,3H2,1H3,(H,12,13)(H,14,15)/t6-/m1/s1. The molecular weight excluding hydrogens is 318 g/mol. The lowest BCUT2D eigenvalue weighted by Crippen LogP contribution is -2.27. The Morgan fingerprint density at radius 3 is 2.69 bits per heavy atom. The zero-order valence-corrected chi connectivity index (χ0v) is 11.4. The molecule has 1 aromatic rings. The molecule has 0 bridgehead atoms. The maximum atomic E-state index is 11.0. The first-order chi connectivity index (χ1) is 7.40. The largest absolute Gasteiger partial charge is 0.481 e. The third-order valence-corrected chi connectivity index (χ3v) is 4.35. The Morgan fingerprint density at radius 1 is 1.69 bits per heavy atom. The maximum Gasteiger partial charge on any atom is 0.305 e. The van der Waals surface area contributed by atoms with Crippen molar-refractivity contribution in [2.45, 2.75) is 19.4 Å². The van der Waals surface area contributed by atoms with Gasteiger partial charge in [0.15, 0.2) is 0 Å². The molecule has 0 aliphatic heterocycles. The summed E-state index contributed by atoms with van der Waals surface area (Å²) in [6, 6.07) is 1.18. The first-order valence-electron chi connectivity index (χ1n) is 4.33. The van der Waals surface area contributed by atoms with E-state index in [1.807, 2.05) is 0 Å². The highest BCUT2D eigenvalue weighted by Gasteiger charge is 2.19. The summed E-state index contributed by atoms with van der Waals surface area (Å²) in [5, 5.41) is 11.3. The van der Waals surface area contributed by atoms with E-state index in [-0.39, 0.29) is 12.3 Å². The van der Waals surface area contributed by atoms with E-state index in [4.69, 9.17) is 16.7 Å². The molecule has 0 fully saturated rings. The van der Waals surface area contributed by atoms with Gasteiger partial charge in [0.25, 0.3) is 0 Å². The molecule has 7 heteroatoms. The molecule has 1 atom stereocenters. The molecule has 1 aromatic heterocycles. The van der Waals surface area contributed by atoms with Crippen molar-refractivity contribution in [3.05, 3.63) is 19.8 Å². The fraction of sp³-hybridized carbons (Fsp3) is 0.333. The van der Waals surface area contributed by atoms with Crippen molar-refractivity contribution in [2.75, 3.05) is 0 Å². The van der Waals surface area contributed by atoms with E-state index in [9.17, 15) is 9.59 Å². The van der Waals surface area contributed by atoms with E-state index in [0.717, 1.165) is 4.88 Å². The second-order valence-electron chi connectivity index (χ2n) is 3.12. The minimum atomic E-state index is -0.973. The second kappa shape index (κ2) is 5.65. The van der Waals surface area contributed by atoms with E-state index in [1.165, 1.54) is 18.3 Å². The Kier molecular flexibility index (Phi) is 4.76. The summed E-state index contributed by atoms with van der Waals surface area (Å²) in [5.41, 5.74) is 0. The number of nitrogens with one attached hydrogen (secondary N) is 1. The molecule has 0 saturated heterocycles. The number of amides is 1. The van der Waals surface area contributed by atoms with Crippen LogP contribution in [0.4, 0.5) is 0 Å². The van der Waals surface area contributed by atoms with Gasteiger partial charge in [-0.1, -0.05) is 11.6 Å². The number of thiophene rings is 1. The molecule has 0 saturated carbocycles. The SMILES string of the molecule is CC(=O)N[C@H](CC(=O)O)c1cc(Br)c(Cl)s1. The van der Waals surface area contributed by atoms with Gasteiger partial charge in [0, 0.05) is 16.3 Å². The third-order valence-electron chi connectivity index (χ3n) is 1.76. The lowest BCUT2D eigenvalue weighted by molar-refractivity contribution is -0.137. The topological polar surface area (TPSA) is 66.4 Å². The number of carboxylic acid groups (broad SMARTS) is 1. The Morgan fingerprint density at radius 2 is 2.31 bits per heavy atom. The summed E-state index contributed by atoms with van der Waals surface area (Å²) in [6.07, 6.45) is -0.164. The summed E-state index contributed by atoms with van der Waals surface area (Å²) in [5.74, 6) is -1.24. The molecule has 4 nitrogen and oxygen atoms in total. The van der Waals surface area contributed by atoms with Gasteiger partial charge in [-0.2, -0.15) is 0 Å². The lowest BCUT2D eigenvalue weighted by Gasteiger charge is -2.13. The molecule has 0 aliphatic rings. The summed E-state index contributed by atoms with van der Waals surface area (Å²) in [6.45, 7) is 1.35. The minimum Gasteiger partial charge on any atom is -0.481 e. The van der Waals surface area contributed by atoms with Crippen LogP contribution >= 0.6 is 38.9 Å². The van der Waals surface area contributed by atoms with Gasteiger partial charge in [-0.05, 0) is 22.0 Å². The molecule has 1 heterocycles. The smallest absolute Gasteiger partial charge is 0.305 e. The van der Waals surface area contributed by atoms with Crippen LogP contribution in [0.1, 0.15) is 24.3 Å². The van der Waals surface area contributed by atoms with Crippen molar-refractivity contribution in [1.29, 1.82) is 0 Å². The Bertz CT molecular complexity index is 385. The number of rotatable bonds is 4. The Labute approximate surface area is 110 Å². The van der Waals surface area contributed by atoms with Crippen LogP contribution in [0, 0.1) is 0 Å². The fourth-order valence-corrected chi connectivity index (χ4v) is 2.97. The van der Waals surface area contributed by atoms with Crippen LogP contribution in [0.2, 0.25) is 4.34 Å². The molecule has 0 unspecified atom stereocenters. The Balaban J connectivity index is 2.90. The van der Waals surface area contributed by atoms with E-state index in [1.54, 1.807) is 6.07 Å². The van der Waals surface area contributed by atoms with Gasteiger partial charge in [0.05, 0.1) is 12.5 Å². The van der Waals surface area contributed by atoms with Gasteiger partial charge < -0.3 is 10.4 Å². The van der Waals surface area contributed by atoms with Gasteiger partial charge in [-0.3, -0.25) is 9.59 Å². The molecule has 0 aromatic carbocycles. The zero-order valence-electron chi connectivity index (χ0n) is 8.29. The van der Waals surface area contributed by atoms with Gasteiger partial charge >= 0.3 is 5.97 Å². The van der Waals surface area contributed by atoms with Crippen molar-refractivity contribution in [3.8, 4) is 0 Å². The monoisotopic (exact) mass is 325 g/mol. The van der Waals surface area contributed by atoms with Gasteiger partial charge in [-0.15, -0.1) is 11.3 Å². The molecule has 2 N–H and O–H groups in total. The second-order valence-corrected chi connectivity index (χ2v) is 5.66. The van der Waals surface area contributed by atoms with E-state index < -0.39 is 12.0 Å². The number of carbonyl (C=O) groups is 2. The van der Waals surface area contributed by atoms with Gasteiger partial charge in [0.2, 0.25) is 5.91 Å². The van der Waals surface area contributed by atoms with Crippen LogP contribution in [0.25, 0.3) is 0 Å².